The number of phenolic OH excluding ortho intramolecular Hbond substituents is 4. The Balaban J connectivity index is 1.70. The van der Waals surface area contributed by atoms with Crippen molar-refractivity contribution in [3.63, 3.8) is 0 Å². The molecule has 7 rings (SSSR count). The van der Waals surface area contributed by atoms with Crippen LogP contribution in [0, 0.1) is 20.2 Å². The van der Waals surface area contributed by atoms with E-state index in [1.54, 1.807) is 24.3 Å². The van der Waals surface area contributed by atoms with Crippen LogP contribution in [-0.2, 0) is 34.5 Å². The molecule has 344 valence electrons. The number of fused-ring (bicyclic) bond motifs is 8. The summed E-state index contributed by atoms with van der Waals surface area (Å²) in [5, 5.41) is 75.1. The maximum Gasteiger partial charge on any atom is 0.269 e. The van der Waals surface area contributed by atoms with Gasteiger partial charge in [0, 0.05) is 71.2 Å². The van der Waals surface area contributed by atoms with Crippen LogP contribution in [0.4, 0.5) is 11.4 Å². The van der Waals surface area contributed by atoms with Gasteiger partial charge < -0.3 is 20.4 Å². The first-order valence-electron chi connectivity index (χ1n) is 22.5. The van der Waals surface area contributed by atoms with E-state index >= 15 is 0 Å². The highest BCUT2D eigenvalue weighted by molar-refractivity contribution is 5.65. The number of nitrogens with zero attached hydrogens (tertiary/aromatic N) is 2. The number of aromatic hydroxyl groups is 4. The summed E-state index contributed by atoms with van der Waals surface area (Å²) in [6.45, 7) is 24.9. The molecule has 0 heterocycles. The number of nitro benzene ring substituents is 2. The Morgan fingerprint density at radius 2 is 0.606 bits per heavy atom. The first kappa shape index (κ1) is 47.3. The third-order valence-electron chi connectivity index (χ3n) is 13.2. The van der Waals surface area contributed by atoms with Crippen LogP contribution in [-0.4, -0.2) is 30.3 Å². The average Bonchev–Trinajstić information content (AvgIpc) is 3.21. The lowest BCUT2D eigenvalue weighted by atomic mass is 9.74. The fraction of sp³-hybridized carbons (Fsp3) is 0.357. The molecule has 0 aromatic heterocycles. The SMILES string of the molecule is CC(C)(C)c1cc2c(O)c(c1)C(c1ccc([N+](=O)[O-])cc1)c1cc(C(C)(C)C)cc(c1O)Cc1cc(C(C)(C)C)cc(c1O)C(c1ccc([N+](=O)[O-])cc1)c1cc(C(C)(C)C)cc(c1O)C2. The van der Waals surface area contributed by atoms with Crippen LogP contribution in [0.15, 0.2) is 97.1 Å². The molecule has 0 unspecified atom stereocenters. The van der Waals surface area contributed by atoms with Gasteiger partial charge in [0.15, 0.2) is 0 Å². The average molecular weight is 891 g/mol. The van der Waals surface area contributed by atoms with Gasteiger partial charge in [-0.2, -0.15) is 0 Å². The second kappa shape index (κ2) is 16.6. The van der Waals surface area contributed by atoms with Crippen molar-refractivity contribution in [2.75, 3.05) is 0 Å². The first-order chi connectivity index (χ1) is 30.5. The summed E-state index contributed by atoms with van der Waals surface area (Å²) >= 11 is 0. The second-order valence-corrected chi connectivity index (χ2v) is 22.2. The molecule has 1 aliphatic rings. The van der Waals surface area contributed by atoms with Gasteiger partial charge in [0.2, 0.25) is 0 Å². The number of rotatable bonds is 4. The standard InChI is InChI=1S/C56H62N2O8/c1-53(2,3)37-23-33-21-34-24-38(54(4,5)6)29-45(50(34)60)48(32-15-19-42(20-16-32)58(65)66)46-30-40(56(10,11)12)26-36(52(46)62)22-35-25-39(55(7,8)9)28-44(51(35)61)47(43(27-37)49(33)59)31-13-17-41(18-14-31)57(63)64/h13-20,23-30,47-48,59-62H,21-22H2,1-12H3. The maximum atomic E-state index is 12.8. The molecular weight excluding hydrogens is 829 g/mol. The third-order valence-corrected chi connectivity index (χ3v) is 13.2. The Morgan fingerprint density at radius 1 is 0.394 bits per heavy atom. The van der Waals surface area contributed by atoms with Crippen LogP contribution in [0.2, 0.25) is 0 Å². The van der Waals surface area contributed by atoms with Crippen molar-refractivity contribution >= 4 is 11.4 Å². The van der Waals surface area contributed by atoms with Crippen molar-refractivity contribution in [1.29, 1.82) is 0 Å². The van der Waals surface area contributed by atoms with E-state index in [0.29, 0.717) is 55.6 Å². The summed E-state index contributed by atoms with van der Waals surface area (Å²) in [7, 11) is 0. The molecule has 0 saturated carbocycles. The van der Waals surface area contributed by atoms with Gasteiger partial charge in [0.25, 0.3) is 11.4 Å². The van der Waals surface area contributed by atoms with Crippen molar-refractivity contribution < 1.29 is 30.3 Å². The zero-order valence-corrected chi connectivity index (χ0v) is 40.1. The molecule has 0 aliphatic heterocycles. The lowest BCUT2D eigenvalue weighted by Crippen LogP contribution is -2.18. The van der Waals surface area contributed by atoms with Crippen LogP contribution < -0.4 is 0 Å². The summed E-state index contributed by atoms with van der Waals surface area (Å²) in [5.41, 5.74) is 6.74. The van der Waals surface area contributed by atoms with E-state index in [0.717, 1.165) is 22.3 Å². The number of hydrogen-bond donors (Lipinski definition) is 4. The molecule has 4 N–H and O–H groups in total. The molecular formula is C56H62N2O8. The highest BCUT2D eigenvalue weighted by atomic mass is 16.6. The molecule has 0 spiro atoms. The van der Waals surface area contributed by atoms with E-state index in [1.165, 1.54) is 24.3 Å². The molecule has 66 heavy (non-hydrogen) atoms. The predicted octanol–water partition coefficient (Wildman–Crippen LogP) is 13.4. The summed E-state index contributed by atoms with van der Waals surface area (Å²) in [6.07, 6.45) is 0.147. The van der Waals surface area contributed by atoms with Crippen LogP contribution in [0.1, 0.15) is 173 Å². The molecule has 0 radical (unpaired) electrons. The molecule has 0 saturated heterocycles. The molecule has 10 nitrogen and oxygen atoms in total. The van der Waals surface area contributed by atoms with Gasteiger partial charge in [0.1, 0.15) is 23.0 Å². The Kier molecular flexibility index (Phi) is 11.9. The van der Waals surface area contributed by atoms with E-state index in [1.807, 2.05) is 48.5 Å². The minimum absolute atomic E-state index is 0.0488. The molecule has 0 fully saturated rings. The number of nitro groups is 2. The van der Waals surface area contributed by atoms with Crippen molar-refractivity contribution in [2.45, 2.75) is 129 Å². The first-order valence-corrected chi connectivity index (χ1v) is 22.5. The number of phenols is 4. The van der Waals surface area contributed by atoms with Gasteiger partial charge in [-0.25, -0.2) is 0 Å². The fourth-order valence-electron chi connectivity index (χ4n) is 9.07. The van der Waals surface area contributed by atoms with E-state index in [4.69, 9.17) is 0 Å². The van der Waals surface area contributed by atoms with E-state index in [-0.39, 0.29) is 47.2 Å². The lowest BCUT2D eigenvalue weighted by Gasteiger charge is -2.31. The summed E-state index contributed by atoms with van der Waals surface area (Å²) in [6, 6.07) is 28.0. The second-order valence-electron chi connectivity index (χ2n) is 22.2. The van der Waals surface area contributed by atoms with Gasteiger partial charge in [-0.05, 0) is 77.3 Å². The van der Waals surface area contributed by atoms with Crippen molar-refractivity contribution in [1.82, 2.24) is 0 Å². The highest BCUT2D eigenvalue weighted by Crippen LogP contribution is 2.51. The normalized spacial score (nSPS) is 15.6. The van der Waals surface area contributed by atoms with Crippen LogP contribution in [0.3, 0.4) is 0 Å². The van der Waals surface area contributed by atoms with Crippen LogP contribution in [0.25, 0.3) is 0 Å². The van der Waals surface area contributed by atoms with Gasteiger partial charge in [-0.15, -0.1) is 0 Å². The minimum Gasteiger partial charge on any atom is -0.507 e. The number of benzene rings is 6. The maximum absolute atomic E-state index is 12.8. The quantitative estimate of drug-likeness (QED) is 0.100. The number of hydrogen-bond acceptors (Lipinski definition) is 8. The molecule has 8 bridgehead atoms. The topological polar surface area (TPSA) is 167 Å². The van der Waals surface area contributed by atoms with Gasteiger partial charge in [-0.1, -0.05) is 156 Å². The van der Waals surface area contributed by atoms with Gasteiger partial charge in [-0.3, -0.25) is 20.2 Å². The zero-order valence-electron chi connectivity index (χ0n) is 40.1. The van der Waals surface area contributed by atoms with Crippen LogP contribution >= 0.6 is 0 Å². The molecule has 0 amide bonds. The Hall–Kier alpha value is -6.68. The van der Waals surface area contributed by atoms with Crippen LogP contribution in [0.5, 0.6) is 23.0 Å². The van der Waals surface area contributed by atoms with Crippen molar-refractivity contribution in [2.24, 2.45) is 0 Å². The Morgan fingerprint density at radius 3 is 0.788 bits per heavy atom. The minimum atomic E-state index is -0.831. The monoisotopic (exact) mass is 890 g/mol. The summed E-state index contributed by atoms with van der Waals surface area (Å²) in [4.78, 5) is 22.9. The van der Waals surface area contributed by atoms with E-state index < -0.39 is 43.3 Å². The molecule has 10 heteroatoms. The van der Waals surface area contributed by atoms with Crippen molar-refractivity contribution in [3.05, 3.63) is 195 Å². The fourth-order valence-corrected chi connectivity index (χ4v) is 9.07. The zero-order chi connectivity index (χ0) is 48.6. The number of non-ortho nitro benzene ring substituents is 2. The van der Waals surface area contributed by atoms with E-state index in [2.05, 4.69) is 83.1 Å². The van der Waals surface area contributed by atoms with E-state index in [9.17, 15) is 40.7 Å². The molecule has 6 aromatic rings. The highest BCUT2D eigenvalue weighted by Gasteiger charge is 2.34. The van der Waals surface area contributed by atoms with Gasteiger partial charge in [0.05, 0.1) is 9.85 Å². The summed E-state index contributed by atoms with van der Waals surface area (Å²) in [5.74, 6) is -1.86. The summed E-state index contributed by atoms with van der Waals surface area (Å²) < 4.78 is 0. The molecule has 0 atom stereocenters. The largest absolute Gasteiger partial charge is 0.507 e. The third kappa shape index (κ3) is 9.10. The molecule has 6 aromatic carbocycles. The smallest absolute Gasteiger partial charge is 0.269 e. The van der Waals surface area contributed by atoms with Gasteiger partial charge >= 0.3 is 0 Å². The van der Waals surface area contributed by atoms with Crippen molar-refractivity contribution in [3.8, 4) is 23.0 Å². The lowest BCUT2D eigenvalue weighted by molar-refractivity contribution is -0.385. The Labute approximate surface area is 387 Å². The molecule has 1 aliphatic carbocycles. The predicted molar refractivity (Wildman–Crippen MR) is 261 cm³/mol. The Bertz CT molecular complexity index is 2550.